The van der Waals surface area contributed by atoms with Crippen LogP contribution in [-0.4, -0.2) is 52.2 Å². The second-order valence-corrected chi connectivity index (χ2v) is 10.2. The zero-order chi connectivity index (χ0) is 21.7. The minimum atomic E-state index is -0.943. The van der Waals surface area contributed by atoms with Crippen LogP contribution < -0.4 is 5.32 Å². The van der Waals surface area contributed by atoms with Crippen molar-refractivity contribution in [1.29, 1.82) is 0 Å². The molecule has 6 nitrogen and oxygen atoms in total. The van der Waals surface area contributed by atoms with Crippen molar-refractivity contribution in [2.45, 2.75) is 65.1 Å². The van der Waals surface area contributed by atoms with Gasteiger partial charge < -0.3 is 20.4 Å². The Morgan fingerprint density at radius 1 is 1.23 bits per heavy atom. The molecule has 2 aliphatic carbocycles. The van der Waals surface area contributed by atoms with Gasteiger partial charge in [-0.2, -0.15) is 0 Å². The number of aliphatic hydroxyl groups excluding tert-OH is 2. The molecule has 2 amide bonds. The summed E-state index contributed by atoms with van der Waals surface area (Å²) in [5.74, 6) is -0.322. The Morgan fingerprint density at radius 2 is 1.93 bits per heavy atom. The van der Waals surface area contributed by atoms with Crippen molar-refractivity contribution >= 4 is 11.8 Å². The highest BCUT2D eigenvalue weighted by molar-refractivity contribution is 5.88. The van der Waals surface area contributed by atoms with Gasteiger partial charge in [-0.15, -0.1) is 0 Å². The molecule has 164 valence electrons. The molecule has 5 unspecified atom stereocenters. The minimum absolute atomic E-state index is 0.00917. The van der Waals surface area contributed by atoms with Crippen LogP contribution in [0.5, 0.6) is 0 Å². The lowest BCUT2D eigenvalue weighted by Crippen LogP contribution is -2.52. The number of aliphatic hydroxyl groups is 2. The summed E-state index contributed by atoms with van der Waals surface area (Å²) in [5.41, 5.74) is 2.18. The predicted molar refractivity (Wildman–Crippen MR) is 113 cm³/mol. The van der Waals surface area contributed by atoms with Crippen molar-refractivity contribution in [3.63, 3.8) is 0 Å². The van der Waals surface area contributed by atoms with E-state index < -0.39 is 18.8 Å². The number of nitrogens with zero attached hydrogens (tertiary/aromatic N) is 1. The van der Waals surface area contributed by atoms with E-state index in [0.717, 1.165) is 24.8 Å². The highest BCUT2D eigenvalue weighted by Gasteiger charge is 2.65. The number of fused-ring (bicyclic) bond motifs is 3. The van der Waals surface area contributed by atoms with E-state index >= 15 is 0 Å². The highest BCUT2D eigenvalue weighted by atomic mass is 16.3. The van der Waals surface area contributed by atoms with Crippen molar-refractivity contribution in [1.82, 2.24) is 10.2 Å². The van der Waals surface area contributed by atoms with Crippen LogP contribution in [0.4, 0.5) is 0 Å². The summed E-state index contributed by atoms with van der Waals surface area (Å²) in [6.45, 7) is 7.17. The Hall–Kier alpha value is -1.92. The van der Waals surface area contributed by atoms with Gasteiger partial charge in [0.15, 0.2) is 0 Å². The summed E-state index contributed by atoms with van der Waals surface area (Å²) in [7, 11) is 0. The molecule has 0 radical (unpaired) electrons. The predicted octanol–water partition coefficient (Wildman–Crippen LogP) is 1.87. The first-order chi connectivity index (χ1) is 14.2. The fraction of sp³-hybridized carbons (Fsp3) is 0.667. The zero-order valence-corrected chi connectivity index (χ0v) is 18.2. The Morgan fingerprint density at radius 3 is 2.57 bits per heavy atom. The number of carbonyl (C=O) groups is 2. The SMILES string of the molecule is CC1(C)C2CCC1(C)C(O)C2CC(=O)NC(CO)C(=O)N1CCc2ccccc2C1. The molecule has 0 aromatic heterocycles. The molecule has 1 aromatic carbocycles. The van der Waals surface area contributed by atoms with Crippen LogP contribution in [0, 0.1) is 22.7 Å². The topological polar surface area (TPSA) is 89.9 Å². The molecule has 2 fully saturated rings. The first kappa shape index (κ1) is 21.3. The molecule has 2 saturated carbocycles. The van der Waals surface area contributed by atoms with Crippen LogP contribution in [0.2, 0.25) is 0 Å². The number of hydrogen-bond donors (Lipinski definition) is 3. The molecule has 30 heavy (non-hydrogen) atoms. The van der Waals surface area contributed by atoms with E-state index in [9.17, 15) is 19.8 Å². The van der Waals surface area contributed by atoms with Gasteiger partial charge in [0.1, 0.15) is 6.04 Å². The summed E-state index contributed by atoms with van der Waals surface area (Å²) in [5, 5.41) is 23.5. The molecule has 1 aliphatic heterocycles. The van der Waals surface area contributed by atoms with E-state index in [2.05, 4.69) is 32.2 Å². The average Bonchev–Trinajstić information content (AvgIpc) is 3.04. The monoisotopic (exact) mass is 414 g/mol. The van der Waals surface area contributed by atoms with E-state index in [1.807, 2.05) is 18.2 Å². The molecule has 3 N–H and O–H groups in total. The fourth-order valence-electron chi connectivity index (χ4n) is 6.34. The van der Waals surface area contributed by atoms with E-state index in [0.29, 0.717) is 19.0 Å². The number of carbonyl (C=O) groups excluding carboxylic acids is 2. The normalized spacial score (nSPS) is 32.6. The van der Waals surface area contributed by atoms with Crippen LogP contribution in [0.25, 0.3) is 0 Å². The maximum Gasteiger partial charge on any atom is 0.247 e. The molecule has 6 heteroatoms. The molecule has 0 saturated heterocycles. The van der Waals surface area contributed by atoms with Crippen LogP contribution >= 0.6 is 0 Å². The Kier molecular flexibility index (Phi) is 5.43. The lowest BCUT2D eigenvalue weighted by Gasteiger charge is -2.37. The second-order valence-electron chi connectivity index (χ2n) is 10.2. The largest absolute Gasteiger partial charge is 0.394 e. The first-order valence-corrected chi connectivity index (χ1v) is 11.1. The minimum Gasteiger partial charge on any atom is -0.394 e. The van der Waals surface area contributed by atoms with Gasteiger partial charge in [0.25, 0.3) is 0 Å². The number of hydrogen-bond acceptors (Lipinski definition) is 4. The molecular weight excluding hydrogens is 380 g/mol. The lowest BCUT2D eigenvalue weighted by atomic mass is 9.70. The van der Waals surface area contributed by atoms with Crippen molar-refractivity contribution in [3.8, 4) is 0 Å². The summed E-state index contributed by atoms with van der Waals surface area (Å²) < 4.78 is 0. The zero-order valence-electron chi connectivity index (χ0n) is 18.2. The van der Waals surface area contributed by atoms with Gasteiger partial charge in [-0.05, 0) is 53.1 Å². The van der Waals surface area contributed by atoms with E-state index in [1.165, 1.54) is 5.56 Å². The van der Waals surface area contributed by atoms with E-state index in [4.69, 9.17) is 0 Å². The molecule has 3 aliphatic rings. The quantitative estimate of drug-likeness (QED) is 0.686. The molecule has 1 aromatic rings. The lowest BCUT2D eigenvalue weighted by molar-refractivity contribution is -0.139. The Balaban J connectivity index is 1.38. The van der Waals surface area contributed by atoms with Gasteiger partial charge >= 0.3 is 0 Å². The fourth-order valence-corrected chi connectivity index (χ4v) is 6.34. The number of nitrogens with one attached hydrogen (secondary N) is 1. The third-order valence-corrected chi connectivity index (χ3v) is 8.63. The van der Waals surface area contributed by atoms with E-state index in [-0.39, 0.29) is 35.0 Å². The molecule has 1 heterocycles. The number of rotatable bonds is 5. The van der Waals surface area contributed by atoms with E-state index in [1.54, 1.807) is 4.90 Å². The maximum atomic E-state index is 13.0. The number of amides is 2. The van der Waals surface area contributed by atoms with Crippen LogP contribution in [0.3, 0.4) is 0 Å². The van der Waals surface area contributed by atoms with Gasteiger partial charge in [-0.3, -0.25) is 9.59 Å². The third kappa shape index (κ3) is 3.25. The van der Waals surface area contributed by atoms with Crippen LogP contribution in [0.1, 0.15) is 51.2 Å². The van der Waals surface area contributed by atoms with Gasteiger partial charge in [0.05, 0.1) is 12.7 Å². The van der Waals surface area contributed by atoms with Crippen molar-refractivity contribution < 1.29 is 19.8 Å². The first-order valence-electron chi connectivity index (χ1n) is 11.1. The number of benzene rings is 1. The van der Waals surface area contributed by atoms with Gasteiger partial charge in [-0.25, -0.2) is 0 Å². The smallest absolute Gasteiger partial charge is 0.247 e. The van der Waals surface area contributed by atoms with Crippen LogP contribution in [0.15, 0.2) is 24.3 Å². The average molecular weight is 415 g/mol. The summed E-state index contributed by atoms with van der Waals surface area (Å²) in [4.78, 5) is 27.5. The third-order valence-electron chi connectivity index (χ3n) is 8.63. The van der Waals surface area contributed by atoms with Gasteiger partial charge in [0.2, 0.25) is 11.8 Å². The van der Waals surface area contributed by atoms with Crippen molar-refractivity contribution in [2.24, 2.45) is 22.7 Å². The maximum absolute atomic E-state index is 13.0. The van der Waals surface area contributed by atoms with Gasteiger partial charge in [0, 0.05) is 19.5 Å². The van der Waals surface area contributed by atoms with Crippen molar-refractivity contribution in [3.05, 3.63) is 35.4 Å². The summed E-state index contributed by atoms with van der Waals surface area (Å²) >= 11 is 0. The Labute approximate surface area is 178 Å². The molecule has 5 atom stereocenters. The molecular formula is C24H34N2O4. The molecule has 0 spiro atoms. The Bertz CT molecular complexity index is 838. The van der Waals surface area contributed by atoms with Gasteiger partial charge in [-0.1, -0.05) is 45.0 Å². The summed E-state index contributed by atoms with van der Waals surface area (Å²) in [6.07, 6.45) is 2.46. The van der Waals surface area contributed by atoms with Crippen LogP contribution in [-0.2, 0) is 22.6 Å². The molecule has 2 bridgehead atoms. The highest BCUT2D eigenvalue weighted by Crippen LogP contribution is 2.68. The van der Waals surface area contributed by atoms with Crippen molar-refractivity contribution in [2.75, 3.05) is 13.2 Å². The molecule has 4 rings (SSSR count). The standard InChI is InChI=1S/C24H34N2O4/c1-23(2)18-8-10-24(23,3)21(29)17(18)12-20(28)25-19(14-27)22(30)26-11-9-15-6-4-5-7-16(15)13-26/h4-7,17-19,21,27,29H,8-14H2,1-3H3,(H,25,28). The summed E-state index contributed by atoms with van der Waals surface area (Å²) in [6, 6.07) is 7.10. The second kappa shape index (κ2) is 7.65.